The Morgan fingerprint density at radius 3 is 2.24 bits per heavy atom. The van der Waals surface area contributed by atoms with Crippen LogP contribution in [0.2, 0.25) is 0 Å². The molecular weight excluding hydrogens is 370 g/mol. The van der Waals surface area contributed by atoms with E-state index >= 15 is 0 Å². The van der Waals surface area contributed by atoms with Gasteiger partial charge < -0.3 is 10.6 Å². The van der Waals surface area contributed by atoms with Crippen LogP contribution in [0.1, 0.15) is 58.3 Å². The van der Waals surface area contributed by atoms with Gasteiger partial charge >= 0.3 is 0 Å². The number of amides is 4. The molecule has 150 valence electrons. The number of imide groups is 1. The zero-order chi connectivity index (χ0) is 21.1. The highest BCUT2D eigenvalue weighted by Crippen LogP contribution is 2.25. The summed E-state index contributed by atoms with van der Waals surface area (Å²) >= 11 is 0. The normalized spacial score (nSPS) is 12.9. The molecule has 0 aliphatic carbocycles. The Hall–Kier alpha value is -3.48. The summed E-state index contributed by atoms with van der Waals surface area (Å²) in [6, 6.07) is 11.3. The Bertz CT molecular complexity index is 997. The molecule has 4 amide bonds. The van der Waals surface area contributed by atoms with Gasteiger partial charge in [0.15, 0.2) is 0 Å². The van der Waals surface area contributed by atoms with E-state index in [-0.39, 0.29) is 28.8 Å². The van der Waals surface area contributed by atoms with Crippen molar-refractivity contribution in [3.8, 4) is 0 Å². The number of benzene rings is 2. The molecule has 7 heteroatoms. The zero-order valence-electron chi connectivity index (χ0n) is 16.6. The van der Waals surface area contributed by atoms with Crippen LogP contribution in [0, 0.1) is 5.92 Å². The molecule has 0 saturated heterocycles. The number of hydrogen-bond donors (Lipinski definition) is 2. The smallest absolute Gasteiger partial charge is 0.261 e. The van der Waals surface area contributed by atoms with Crippen LogP contribution in [-0.4, -0.2) is 35.1 Å². The fraction of sp³-hybridized carbons (Fsp3) is 0.273. The predicted octanol–water partition coefficient (Wildman–Crippen LogP) is 3.54. The SMILES string of the molecule is CC(=O)Nc1cccc(NC(=O)c2ccc3c(c2)C(=O)N(CCC(C)C)C3=O)c1. The lowest BCUT2D eigenvalue weighted by Crippen LogP contribution is -2.31. The lowest BCUT2D eigenvalue weighted by molar-refractivity contribution is -0.114. The van der Waals surface area contributed by atoms with E-state index in [0.29, 0.717) is 29.4 Å². The Balaban J connectivity index is 1.77. The number of carbonyl (C=O) groups is 4. The van der Waals surface area contributed by atoms with Gasteiger partial charge in [-0.05, 0) is 48.7 Å². The highest BCUT2D eigenvalue weighted by Gasteiger charge is 2.35. The molecule has 0 fully saturated rings. The Morgan fingerprint density at radius 2 is 1.59 bits per heavy atom. The molecule has 1 aliphatic rings. The maximum atomic E-state index is 12.6. The van der Waals surface area contributed by atoms with Crippen LogP contribution >= 0.6 is 0 Å². The number of anilines is 2. The summed E-state index contributed by atoms with van der Waals surface area (Å²) in [5.41, 5.74) is 1.91. The van der Waals surface area contributed by atoms with Gasteiger partial charge in [0, 0.05) is 30.4 Å². The van der Waals surface area contributed by atoms with E-state index in [0.717, 1.165) is 6.42 Å². The van der Waals surface area contributed by atoms with Crippen molar-refractivity contribution in [2.24, 2.45) is 5.92 Å². The second-order valence-electron chi connectivity index (χ2n) is 7.42. The minimum absolute atomic E-state index is 0.211. The van der Waals surface area contributed by atoms with Crippen molar-refractivity contribution in [3.05, 3.63) is 59.2 Å². The fourth-order valence-corrected chi connectivity index (χ4v) is 3.10. The van der Waals surface area contributed by atoms with Crippen molar-refractivity contribution in [2.75, 3.05) is 17.2 Å². The molecule has 0 unspecified atom stereocenters. The van der Waals surface area contributed by atoms with Crippen molar-refractivity contribution in [2.45, 2.75) is 27.2 Å². The Labute approximate surface area is 169 Å². The molecule has 7 nitrogen and oxygen atoms in total. The maximum absolute atomic E-state index is 12.6. The average Bonchev–Trinajstić information content (AvgIpc) is 2.89. The van der Waals surface area contributed by atoms with Gasteiger partial charge in [-0.1, -0.05) is 19.9 Å². The standard InChI is InChI=1S/C22H23N3O4/c1-13(2)9-10-25-21(28)18-8-7-15(11-19(18)22(25)29)20(27)24-17-6-4-5-16(12-17)23-14(3)26/h4-8,11-13H,9-10H2,1-3H3,(H,23,26)(H,24,27). The van der Waals surface area contributed by atoms with E-state index in [2.05, 4.69) is 10.6 Å². The number of nitrogens with zero attached hydrogens (tertiary/aromatic N) is 1. The minimum atomic E-state index is -0.409. The molecule has 0 radical (unpaired) electrons. The van der Waals surface area contributed by atoms with Crippen molar-refractivity contribution in [1.29, 1.82) is 0 Å². The molecule has 29 heavy (non-hydrogen) atoms. The highest BCUT2D eigenvalue weighted by atomic mass is 16.2. The molecule has 3 rings (SSSR count). The van der Waals surface area contributed by atoms with Gasteiger partial charge in [-0.15, -0.1) is 0 Å². The third-order valence-corrected chi connectivity index (χ3v) is 4.60. The van der Waals surface area contributed by atoms with Crippen LogP contribution in [0.15, 0.2) is 42.5 Å². The lowest BCUT2D eigenvalue weighted by Gasteiger charge is -2.14. The van der Waals surface area contributed by atoms with Gasteiger partial charge in [0.2, 0.25) is 5.91 Å². The van der Waals surface area contributed by atoms with Crippen LogP contribution < -0.4 is 10.6 Å². The largest absolute Gasteiger partial charge is 0.326 e. The molecular formula is C22H23N3O4. The van der Waals surface area contributed by atoms with Crippen molar-refractivity contribution in [3.63, 3.8) is 0 Å². The molecule has 0 bridgehead atoms. The number of carbonyl (C=O) groups excluding carboxylic acids is 4. The lowest BCUT2D eigenvalue weighted by atomic mass is 10.1. The summed E-state index contributed by atoms with van der Waals surface area (Å²) < 4.78 is 0. The van der Waals surface area contributed by atoms with E-state index in [1.165, 1.54) is 30.0 Å². The molecule has 1 heterocycles. The van der Waals surface area contributed by atoms with E-state index < -0.39 is 5.91 Å². The molecule has 0 aromatic heterocycles. The summed E-state index contributed by atoms with van der Waals surface area (Å²) in [6.45, 7) is 5.82. The summed E-state index contributed by atoms with van der Waals surface area (Å²) in [6.07, 6.45) is 0.726. The summed E-state index contributed by atoms with van der Waals surface area (Å²) in [5, 5.41) is 5.39. The van der Waals surface area contributed by atoms with E-state index in [1.807, 2.05) is 13.8 Å². The monoisotopic (exact) mass is 393 g/mol. The number of hydrogen-bond acceptors (Lipinski definition) is 4. The fourth-order valence-electron chi connectivity index (χ4n) is 3.10. The average molecular weight is 393 g/mol. The Morgan fingerprint density at radius 1 is 0.931 bits per heavy atom. The van der Waals surface area contributed by atoms with Crippen LogP contribution in [0.5, 0.6) is 0 Å². The molecule has 2 aromatic carbocycles. The first kappa shape index (κ1) is 20.3. The molecule has 0 saturated carbocycles. The van der Waals surface area contributed by atoms with Gasteiger partial charge in [0.05, 0.1) is 11.1 Å². The second-order valence-corrected chi connectivity index (χ2v) is 7.42. The quantitative estimate of drug-likeness (QED) is 0.734. The second kappa shape index (κ2) is 8.26. The van der Waals surface area contributed by atoms with Crippen LogP contribution in [0.4, 0.5) is 11.4 Å². The van der Waals surface area contributed by atoms with E-state index in [1.54, 1.807) is 24.3 Å². The summed E-state index contributed by atoms with van der Waals surface area (Å²) in [4.78, 5) is 50.2. The molecule has 0 atom stereocenters. The molecule has 1 aliphatic heterocycles. The van der Waals surface area contributed by atoms with E-state index in [9.17, 15) is 19.2 Å². The zero-order valence-corrected chi connectivity index (χ0v) is 16.6. The Kier molecular flexibility index (Phi) is 5.77. The predicted molar refractivity (Wildman–Crippen MR) is 110 cm³/mol. The number of rotatable bonds is 6. The van der Waals surface area contributed by atoms with Crippen LogP contribution in [0.3, 0.4) is 0 Å². The minimum Gasteiger partial charge on any atom is -0.326 e. The summed E-state index contributed by atoms with van der Waals surface area (Å²) in [5.74, 6) is -0.937. The van der Waals surface area contributed by atoms with Gasteiger partial charge in [0.1, 0.15) is 0 Å². The topological polar surface area (TPSA) is 95.6 Å². The van der Waals surface area contributed by atoms with Crippen LogP contribution in [-0.2, 0) is 4.79 Å². The van der Waals surface area contributed by atoms with Gasteiger partial charge in [0.25, 0.3) is 17.7 Å². The van der Waals surface area contributed by atoms with E-state index in [4.69, 9.17) is 0 Å². The van der Waals surface area contributed by atoms with Crippen molar-refractivity contribution >= 4 is 35.0 Å². The third-order valence-electron chi connectivity index (χ3n) is 4.60. The number of nitrogens with one attached hydrogen (secondary N) is 2. The first-order chi connectivity index (χ1) is 13.8. The maximum Gasteiger partial charge on any atom is 0.261 e. The highest BCUT2D eigenvalue weighted by molar-refractivity contribution is 6.22. The van der Waals surface area contributed by atoms with Crippen molar-refractivity contribution in [1.82, 2.24) is 4.90 Å². The van der Waals surface area contributed by atoms with Crippen molar-refractivity contribution < 1.29 is 19.2 Å². The van der Waals surface area contributed by atoms with Crippen LogP contribution in [0.25, 0.3) is 0 Å². The van der Waals surface area contributed by atoms with Gasteiger partial charge in [-0.2, -0.15) is 0 Å². The number of fused-ring (bicyclic) bond motifs is 1. The molecule has 2 N–H and O–H groups in total. The van der Waals surface area contributed by atoms with Gasteiger partial charge in [-0.3, -0.25) is 24.1 Å². The summed E-state index contributed by atoms with van der Waals surface area (Å²) in [7, 11) is 0. The molecule has 0 spiro atoms. The molecule has 2 aromatic rings. The van der Waals surface area contributed by atoms with Gasteiger partial charge in [-0.25, -0.2) is 0 Å². The third kappa shape index (κ3) is 4.51. The first-order valence-electron chi connectivity index (χ1n) is 9.45. The first-order valence-corrected chi connectivity index (χ1v) is 9.45.